The highest BCUT2D eigenvalue weighted by atomic mass is 32.2. The molecule has 1 fully saturated rings. The first-order valence-corrected chi connectivity index (χ1v) is 14.1. The lowest BCUT2D eigenvalue weighted by Gasteiger charge is -2.42. The number of carbonyl (C=O) groups is 1. The van der Waals surface area contributed by atoms with Crippen LogP contribution in [0.5, 0.6) is 0 Å². The average Bonchev–Trinajstić information content (AvgIpc) is 3.31. The van der Waals surface area contributed by atoms with Gasteiger partial charge in [0.25, 0.3) is 0 Å². The van der Waals surface area contributed by atoms with Crippen molar-refractivity contribution in [3.05, 3.63) is 77.5 Å². The van der Waals surface area contributed by atoms with E-state index in [2.05, 4.69) is 21.6 Å². The molecule has 37 heavy (non-hydrogen) atoms. The normalized spacial score (nSPS) is 15.8. The molecule has 3 N–H and O–H groups in total. The van der Waals surface area contributed by atoms with E-state index in [1.807, 2.05) is 54.6 Å². The summed E-state index contributed by atoms with van der Waals surface area (Å²) < 4.78 is 24.5. The molecule has 0 saturated heterocycles. The van der Waals surface area contributed by atoms with Gasteiger partial charge in [-0.25, -0.2) is 13.2 Å². The Kier molecular flexibility index (Phi) is 5.41. The van der Waals surface area contributed by atoms with Crippen molar-refractivity contribution >= 4 is 15.9 Å². The van der Waals surface area contributed by atoms with Gasteiger partial charge in [-0.3, -0.25) is 10.1 Å². The zero-order valence-electron chi connectivity index (χ0n) is 20.3. The van der Waals surface area contributed by atoms with Gasteiger partial charge in [-0.05, 0) is 49.3 Å². The summed E-state index contributed by atoms with van der Waals surface area (Å²) in [6.45, 7) is 0. The number of amides is 1. The smallest absolute Gasteiger partial charge is 0.405 e. The van der Waals surface area contributed by atoms with Crippen molar-refractivity contribution < 1.29 is 18.3 Å². The van der Waals surface area contributed by atoms with Gasteiger partial charge < -0.3 is 10.4 Å². The van der Waals surface area contributed by atoms with Gasteiger partial charge in [-0.2, -0.15) is 5.10 Å². The Balaban J connectivity index is 1.48. The number of hydrogen-bond donors (Lipinski definition) is 3. The maximum absolute atomic E-state index is 12.3. The highest BCUT2D eigenvalue weighted by molar-refractivity contribution is 7.90. The van der Waals surface area contributed by atoms with Gasteiger partial charge in [0.15, 0.2) is 14.9 Å². The molecule has 1 saturated carbocycles. The molecule has 2 aromatic heterocycles. The van der Waals surface area contributed by atoms with Gasteiger partial charge in [-0.1, -0.05) is 54.6 Å². The summed E-state index contributed by atoms with van der Waals surface area (Å²) in [4.78, 5) is 16.5. The fourth-order valence-electron chi connectivity index (χ4n) is 5.53. The molecule has 2 heterocycles. The Morgan fingerprint density at radius 1 is 0.973 bits per heavy atom. The summed E-state index contributed by atoms with van der Waals surface area (Å²) in [6.07, 6.45) is 3.89. The van der Waals surface area contributed by atoms with E-state index >= 15 is 0 Å². The van der Waals surface area contributed by atoms with E-state index in [1.54, 1.807) is 0 Å². The molecule has 0 bridgehead atoms. The Hall–Kier alpha value is -3.98. The number of aryl methyl sites for hydroxylation is 1. The van der Waals surface area contributed by atoms with E-state index in [4.69, 9.17) is 4.98 Å². The van der Waals surface area contributed by atoms with Crippen molar-refractivity contribution in [2.24, 2.45) is 0 Å². The van der Waals surface area contributed by atoms with Crippen molar-refractivity contribution in [1.29, 1.82) is 0 Å². The van der Waals surface area contributed by atoms with Crippen LogP contribution in [0.25, 0.3) is 33.6 Å². The molecule has 0 unspecified atom stereocenters. The van der Waals surface area contributed by atoms with Crippen LogP contribution in [0.4, 0.5) is 4.79 Å². The summed E-state index contributed by atoms with van der Waals surface area (Å²) in [5, 5.41) is 19.3. The number of carboxylic acid groups (broad SMARTS) is 1. The second-order valence-corrected chi connectivity index (χ2v) is 11.8. The van der Waals surface area contributed by atoms with Crippen LogP contribution in [0.3, 0.4) is 0 Å². The maximum atomic E-state index is 12.3. The van der Waals surface area contributed by atoms with Crippen molar-refractivity contribution in [2.75, 3.05) is 6.26 Å². The maximum Gasteiger partial charge on any atom is 0.405 e. The van der Waals surface area contributed by atoms with E-state index < -0.39 is 21.5 Å². The number of pyridine rings is 1. The molecule has 6 rings (SSSR count). The summed E-state index contributed by atoms with van der Waals surface area (Å²) in [6, 6.07) is 20.0. The predicted molar refractivity (Wildman–Crippen MR) is 140 cm³/mol. The van der Waals surface area contributed by atoms with E-state index in [0.717, 1.165) is 58.5 Å². The third-order valence-electron chi connectivity index (χ3n) is 7.52. The molecule has 0 atom stereocenters. The quantitative estimate of drug-likeness (QED) is 0.346. The number of benzene rings is 2. The molecule has 0 spiro atoms. The SMILES string of the molecule is CS(=O)(=O)c1[nH]nc2c1CCc1nc(-c3ccc(C4(NC(=O)O)CCC4)cc3)c(-c3ccccc3)cc1-2. The standard InChI is InChI=1S/C28H26N4O4S/c1-37(35,36)26-20-12-13-23-22(25(20)31-32-26)16-21(17-6-3-2-4-7-17)24(29-23)18-8-10-19(11-9-18)28(14-5-15-28)30-27(33)34/h2-4,6-11,16,30H,5,12-15H2,1H3,(H,31,32)(H,33,34). The molecule has 0 radical (unpaired) electrons. The Morgan fingerprint density at radius 3 is 2.32 bits per heavy atom. The zero-order valence-corrected chi connectivity index (χ0v) is 21.1. The molecule has 4 aromatic rings. The van der Waals surface area contributed by atoms with Gasteiger partial charge >= 0.3 is 6.09 Å². The van der Waals surface area contributed by atoms with Crippen molar-refractivity contribution in [3.8, 4) is 33.6 Å². The summed E-state index contributed by atoms with van der Waals surface area (Å²) in [5.74, 6) is 0. The summed E-state index contributed by atoms with van der Waals surface area (Å²) in [7, 11) is -3.42. The van der Waals surface area contributed by atoms with Crippen molar-refractivity contribution in [2.45, 2.75) is 42.7 Å². The topological polar surface area (TPSA) is 125 Å². The third kappa shape index (κ3) is 3.99. The number of sulfone groups is 1. The second-order valence-electron chi connectivity index (χ2n) is 9.84. The van der Waals surface area contributed by atoms with E-state index in [9.17, 15) is 18.3 Å². The van der Waals surface area contributed by atoms with Crippen LogP contribution in [0.1, 0.15) is 36.1 Å². The molecule has 0 aliphatic heterocycles. The second kappa shape index (κ2) is 8.55. The van der Waals surface area contributed by atoms with Crippen LogP contribution in [0, 0.1) is 0 Å². The largest absolute Gasteiger partial charge is 0.465 e. The van der Waals surface area contributed by atoms with Crippen LogP contribution < -0.4 is 5.32 Å². The van der Waals surface area contributed by atoms with Gasteiger partial charge in [0.1, 0.15) is 0 Å². The molecule has 2 aliphatic rings. The number of aromatic amines is 1. The lowest BCUT2D eigenvalue weighted by molar-refractivity contribution is 0.144. The molecular formula is C28H26N4O4S. The average molecular weight is 515 g/mol. The number of H-pyrrole nitrogens is 1. The highest BCUT2D eigenvalue weighted by Crippen LogP contribution is 2.43. The Bertz CT molecular complexity index is 1620. The number of nitrogens with zero attached hydrogens (tertiary/aromatic N) is 2. The number of rotatable bonds is 5. The van der Waals surface area contributed by atoms with Gasteiger partial charge in [-0.15, -0.1) is 0 Å². The third-order valence-corrected chi connectivity index (χ3v) is 8.60. The predicted octanol–water partition coefficient (Wildman–Crippen LogP) is 4.95. The fraction of sp³-hybridized carbons (Fsp3) is 0.250. The molecule has 2 aromatic carbocycles. The first-order valence-electron chi connectivity index (χ1n) is 12.2. The molecule has 8 nitrogen and oxygen atoms in total. The molecule has 2 aliphatic carbocycles. The first kappa shape index (κ1) is 23.4. The van der Waals surface area contributed by atoms with Gasteiger partial charge in [0, 0.05) is 28.5 Å². The highest BCUT2D eigenvalue weighted by Gasteiger charge is 2.40. The zero-order chi connectivity index (χ0) is 25.8. The van der Waals surface area contributed by atoms with Crippen LogP contribution in [-0.4, -0.2) is 41.1 Å². The minimum Gasteiger partial charge on any atom is -0.465 e. The fourth-order valence-corrected chi connectivity index (χ4v) is 6.38. The first-order chi connectivity index (χ1) is 17.7. The van der Waals surface area contributed by atoms with E-state index in [0.29, 0.717) is 24.1 Å². The molecule has 9 heteroatoms. The van der Waals surface area contributed by atoms with E-state index in [-0.39, 0.29) is 5.03 Å². The summed E-state index contributed by atoms with van der Waals surface area (Å²) >= 11 is 0. The molecular weight excluding hydrogens is 488 g/mol. The lowest BCUT2D eigenvalue weighted by Crippen LogP contribution is -2.50. The number of hydrogen-bond acceptors (Lipinski definition) is 5. The number of fused-ring (bicyclic) bond motifs is 3. The van der Waals surface area contributed by atoms with Crippen LogP contribution in [-0.2, 0) is 28.2 Å². The Morgan fingerprint density at radius 2 is 1.70 bits per heavy atom. The number of nitrogens with one attached hydrogen (secondary N) is 2. The van der Waals surface area contributed by atoms with E-state index in [1.165, 1.54) is 6.26 Å². The van der Waals surface area contributed by atoms with Crippen molar-refractivity contribution in [1.82, 2.24) is 20.5 Å². The van der Waals surface area contributed by atoms with Gasteiger partial charge in [0.05, 0.1) is 22.6 Å². The van der Waals surface area contributed by atoms with Crippen molar-refractivity contribution in [3.63, 3.8) is 0 Å². The number of aromatic nitrogens is 3. The minimum atomic E-state index is -3.42. The Labute approximate surface area is 214 Å². The molecule has 188 valence electrons. The van der Waals surface area contributed by atoms with Crippen LogP contribution in [0.2, 0.25) is 0 Å². The van der Waals surface area contributed by atoms with Gasteiger partial charge in [0.2, 0.25) is 0 Å². The molecule has 1 amide bonds. The minimum absolute atomic E-state index is 0.175. The van der Waals surface area contributed by atoms with Crippen LogP contribution >= 0.6 is 0 Å². The monoisotopic (exact) mass is 514 g/mol. The van der Waals surface area contributed by atoms with Crippen LogP contribution in [0.15, 0.2) is 65.7 Å². The lowest BCUT2D eigenvalue weighted by atomic mass is 9.71. The summed E-state index contributed by atoms with van der Waals surface area (Å²) in [5.41, 5.74) is 7.17.